The number of amides is 1. The fourth-order valence-electron chi connectivity index (χ4n) is 2.18. The van der Waals surface area contributed by atoms with Gasteiger partial charge in [-0.05, 0) is 19.1 Å². The Bertz CT molecular complexity index is 524. The van der Waals surface area contributed by atoms with E-state index in [4.69, 9.17) is 4.74 Å². The van der Waals surface area contributed by atoms with E-state index in [1.165, 1.54) is 6.92 Å². The van der Waals surface area contributed by atoms with Crippen molar-refractivity contribution in [1.82, 2.24) is 10.6 Å². The summed E-state index contributed by atoms with van der Waals surface area (Å²) < 4.78 is 5.36. The van der Waals surface area contributed by atoms with Gasteiger partial charge in [-0.15, -0.1) is 12.4 Å². The number of hydrogen-bond donors (Lipinski definition) is 3. The molecule has 2 unspecified atom stereocenters. The third-order valence-electron chi connectivity index (χ3n) is 3.48. The molecule has 0 aliphatic carbocycles. The second-order valence-electron chi connectivity index (χ2n) is 5.16. The predicted octanol–water partition coefficient (Wildman–Crippen LogP) is 0.386. The fraction of sp³-hybridized carbons (Fsp3) is 0.467. The zero-order chi connectivity index (χ0) is 15.2. The second kappa shape index (κ2) is 8.73. The van der Waals surface area contributed by atoms with E-state index in [1.54, 1.807) is 24.3 Å². The lowest BCUT2D eigenvalue weighted by molar-refractivity contribution is -0.123. The summed E-state index contributed by atoms with van der Waals surface area (Å²) >= 11 is 0. The van der Waals surface area contributed by atoms with Gasteiger partial charge in [-0.2, -0.15) is 0 Å². The van der Waals surface area contributed by atoms with Crippen molar-refractivity contribution in [3.05, 3.63) is 29.8 Å². The molecule has 2 atom stereocenters. The first kappa shape index (κ1) is 18.4. The average molecular weight is 329 g/mol. The number of hydrogen-bond acceptors (Lipinski definition) is 5. The maximum absolute atomic E-state index is 11.7. The van der Waals surface area contributed by atoms with E-state index in [-0.39, 0.29) is 36.6 Å². The molecule has 1 heterocycles. The molecule has 6 nitrogen and oxygen atoms in total. The van der Waals surface area contributed by atoms with Gasteiger partial charge in [0.1, 0.15) is 5.75 Å². The van der Waals surface area contributed by atoms with Crippen LogP contribution in [0.5, 0.6) is 5.75 Å². The molecule has 0 saturated carbocycles. The molecule has 1 fully saturated rings. The minimum atomic E-state index is -0.418. The lowest BCUT2D eigenvalue weighted by atomic mass is 10.1. The second-order valence-corrected chi connectivity index (χ2v) is 5.16. The number of carbonyl (C=O) groups is 2. The summed E-state index contributed by atoms with van der Waals surface area (Å²) in [7, 11) is 0. The van der Waals surface area contributed by atoms with E-state index >= 15 is 0 Å². The molecule has 7 heteroatoms. The SMILES string of the molecule is CC(=O)c1cccc(OCC(=O)NCC2CNCC2O)c1.Cl. The van der Waals surface area contributed by atoms with Gasteiger partial charge in [0.15, 0.2) is 12.4 Å². The van der Waals surface area contributed by atoms with Crippen molar-refractivity contribution in [2.24, 2.45) is 5.92 Å². The van der Waals surface area contributed by atoms with Gasteiger partial charge in [0, 0.05) is 31.1 Å². The minimum absolute atomic E-state index is 0. The van der Waals surface area contributed by atoms with Crippen molar-refractivity contribution in [3.8, 4) is 5.75 Å². The predicted molar refractivity (Wildman–Crippen MR) is 84.6 cm³/mol. The van der Waals surface area contributed by atoms with Crippen LogP contribution in [-0.4, -0.2) is 49.1 Å². The van der Waals surface area contributed by atoms with Gasteiger partial charge in [0.05, 0.1) is 6.10 Å². The third kappa shape index (κ3) is 5.29. The van der Waals surface area contributed by atoms with Crippen molar-refractivity contribution >= 4 is 24.1 Å². The number of rotatable bonds is 6. The largest absolute Gasteiger partial charge is 0.484 e. The molecule has 1 aromatic rings. The van der Waals surface area contributed by atoms with Crippen LogP contribution >= 0.6 is 12.4 Å². The molecule has 1 saturated heterocycles. The summed E-state index contributed by atoms with van der Waals surface area (Å²) in [5.41, 5.74) is 0.549. The standard InChI is InChI=1S/C15H20N2O4.ClH/c1-10(18)11-3-2-4-13(5-11)21-9-15(20)17-7-12-6-16-8-14(12)19;/h2-5,12,14,16,19H,6-9H2,1H3,(H,17,20);1H. The van der Waals surface area contributed by atoms with Crippen LogP contribution in [0.1, 0.15) is 17.3 Å². The smallest absolute Gasteiger partial charge is 0.257 e. The number of nitrogens with one attached hydrogen (secondary N) is 2. The van der Waals surface area contributed by atoms with Crippen LogP contribution in [0.25, 0.3) is 0 Å². The lowest BCUT2D eigenvalue weighted by Crippen LogP contribution is -2.36. The van der Waals surface area contributed by atoms with E-state index in [2.05, 4.69) is 10.6 Å². The number of Topliss-reactive ketones (excluding diaryl/α,β-unsaturated/α-hetero) is 1. The van der Waals surface area contributed by atoms with Gasteiger partial charge in [0.2, 0.25) is 0 Å². The maximum atomic E-state index is 11.7. The van der Waals surface area contributed by atoms with Crippen molar-refractivity contribution in [2.75, 3.05) is 26.2 Å². The Morgan fingerprint density at radius 2 is 2.18 bits per heavy atom. The van der Waals surface area contributed by atoms with E-state index < -0.39 is 6.10 Å². The Morgan fingerprint density at radius 3 is 2.82 bits per heavy atom. The van der Waals surface area contributed by atoms with Crippen LogP contribution in [0.4, 0.5) is 0 Å². The van der Waals surface area contributed by atoms with Crippen LogP contribution in [-0.2, 0) is 4.79 Å². The zero-order valence-corrected chi connectivity index (χ0v) is 13.2. The molecule has 1 aliphatic heterocycles. The van der Waals surface area contributed by atoms with Gasteiger partial charge in [-0.3, -0.25) is 9.59 Å². The number of halogens is 1. The Labute approximate surface area is 135 Å². The summed E-state index contributed by atoms with van der Waals surface area (Å²) in [6, 6.07) is 6.72. The van der Waals surface area contributed by atoms with Gasteiger partial charge in [0.25, 0.3) is 5.91 Å². The molecular formula is C15H21ClN2O4. The quantitative estimate of drug-likeness (QED) is 0.657. The summed E-state index contributed by atoms with van der Waals surface area (Å²) in [6.07, 6.45) is -0.418. The van der Waals surface area contributed by atoms with E-state index in [1.807, 2.05) is 0 Å². The molecule has 2 rings (SSSR count). The van der Waals surface area contributed by atoms with Gasteiger partial charge < -0.3 is 20.5 Å². The monoisotopic (exact) mass is 328 g/mol. The molecule has 3 N–H and O–H groups in total. The van der Waals surface area contributed by atoms with E-state index in [0.717, 1.165) is 0 Å². The van der Waals surface area contributed by atoms with Gasteiger partial charge in [-0.25, -0.2) is 0 Å². The zero-order valence-electron chi connectivity index (χ0n) is 12.4. The molecule has 1 aliphatic rings. The maximum Gasteiger partial charge on any atom is 0.257 e. The highest BCUT2D eigenvalue weighted by Gasteiger charge is 2.24. The van der Waals surface area contributed by atoms with Crippen LogP contribution in [0, 0.1) is 5.92 Å². The molecule has 22 heavy (non-hydrogen) atoms. The van der Waals surface area contributed by atoms with Crippen LogP contribution < -0.4 is 15.4 Å². The first-order valence-corrected chi connectivity index (χ1v) is 6.95. The van der Waals surface area contributed by atoms with Crippen molar-refractivity contribution in [1.29, 1.82) is 0 Å². The Balaban J connectivity index is 0.00000242. The number of benzene rings is 1. The molecule has 0 radical (unpaired) electrons. The van der Waals surface area contributed by atoms with Crippen molar-refractivity contribution in [3.63, 3.8) is 0 Å². The van der Waals surface area contributed by atoms with Gasteiger partial charge in [-0.1, -0.05) is 12.1 Å². The normalized spacial score (nSPS) is 20.1. The molecule has 1 aromatic carbocycles. The molecule has 0 spiro atoms. The number of ketones is 1. The molecule has 0 bridgehead atoms. The summed E-state index contributed by atoms with van der Waals surface area (Å²) in [5, 5.41) is 15.4. The molecule has 0 aromatic heterocycles. The number of carbonyl (C=O) groups excluding carboxylic acids is 2. The Morgan fingerprint density at radius 1 is 1.41 bits per heavy atom. The summed E-state index contributed by atoms with van der Waals surface area (Å²) in [4.78, 5) is 22.9. The summed E-state index contributed by atoms with van der Waals surface area (Å²) in [5.74, 6) is 0.227. The third-order valence-corrected chi connectivity index (χ3v) is 3.48. The van der Waals surface area contributed by atoms with Gasteiger partial charge >= 0.3 is 0 Å². The van der Waals surface area contributed by atoms with Crippen molar-refractivity contribution in [2.45, 2.75) is 13.0 Å². The molecular weight excluding hydrogens is 308 g/mol. The van der Waals surface area contributed by atoms with Crippen LogP contribution in [0.2, 0.25) is 0 Å². The molecule has 1 amide bonds. The lowest BCUT2D eigenvalue weighted by Gasteiger charge is -2.14. The Hall–Kier alpha value is -1.63. The Kier molecular flexibility index (Phi) is 7.31. The summed E-state index contributed by atoms with van der Waals surface area (Å²) in [6.45, 7) is 3.05. The highest BCUT2D eigenvalue weighted by atomic mass is 35.5. The first-order valence-electron chi connectivity index (χ1n) is 6.95. The topological polar surface area (TPSA) is 87.7 Å². The number of ether oxygens (including phenoxy) is 1. The molecule has 122 valence electrons. The average Bonchev–Trinajstić information content (AvgIpc) is 2.88. The number of aliphatic hydroxyl groups excluding tert-OH is 1. The van der Waals surface area contributed by atoms with Crippen LogP contribution in [0.15, 0.2) is 24.3 Å². The van der Waals surface area contributed by atoms with Crippen molar-refractivity contribution < 1.29 is 19.4 Å². The minimum Gasteiger partial charge on any atom is -0.484 e. The first-order chi connectivity index (χ1) is 10.1. The van der Waals surface area contributed by atoms with E-state index in [0.29, 0.717) is 30.9 Å². The highest BCUT2D eigenvalue weighted by Crippen LogP contribution is 2.13. The fourth-order valence-corrected chi connectivity index (χ4v) is 2.18. The number of β-amino-alcohol motifs (C(OH)–C–C–N with tert-alkyl or cyclic N) is 1. The highest BCUT2D eigenvalue weighted by molar-refractivity contribution is 5.94. The number of aliphatic hydroxyl groups is 1. The van der Waals surface area contributed by atoms with Crippen LogP contribution in [0.3, 0.4) is 0 Å². The van der Waals surface area contributed by atoms with E-state index in [9.17, 15) is 14.7 Å².